The van der Waals surface area contributed by atoms with Gasteiger partial charge in [-0.05, 0) is 67.3 Å². The van der Waals surface area contributed by atoms with Gasteiger partial charge in [-0.25, -0.2) is 0 Å². The first-order chi connectivity index (χ1) is 14.0. The molecule has 2 amide bonds. The van der Waals surface area contributed by atoms with Crippen LogP contribution in [0.2, 0.25) is 5.02 Å². The number of carbonyl (C=O) groups excluding carboxylic acids is 2. The molecule has 0 N–H and O–H groups in total. The van der Waals surface area contributed by atoms with Gasteiger partial charge in [-0.15, -0.1) is 0 Å². The van der Waals surface area contributed by atoms with E-state index in [4.69, 9.17) is 11.6 Å². The molecule has 0 unspecified atom stereocenters. The minimum absolute atomic E-state index is 0.00654. The molecule has 29 heavy (non-hydrogen) atoms. The van der Waals surface area contributed by atoms with Crippen molar-refractivity contribution in [1.29, 1.82) is 0 Å². The second-order valence-corrected chi connectivity index (χ2v) is 9.43. The van der Waals surface area contributed by atoms with Crippen LogP contribution in [0.1, 0.15) is 63.4 Å². The predicted octanol–water partition coefficient (Wildman–Crippen LogP) is 4.92. The summed E-state index contributed by atoms with van der Waals surface area (Å²) in [6.07, 6.45) is 10.9. The first-order valence-electron chi connectivity index (χ1n) is 11.1. The molecule has 3 aliphatic rings. The SMILES string of the molecule is O=C1CC2(CCCC2)CC(=O)N1CCCCN1CC=C(c2ccc(Cl)cc2)CC1. The Labute approximate surface area is 178 Å². The van der Waals surface area contributed by atoms with Crippen molar-refractivity contribution in [2.24, 2.45) is 5.41 Å². The largest absolute Gasteiger partial charge is 0.299 e. The quantitative estimate of drug-likeness (QED) is 0.490. The van der Waals surface area contributed by atoms with E-state index in [0.29, 0.717) is 19.4 Å². The van der Waals surface area contributed by atoms with Gasteiger partial charge < -0.3 is 0 Å². The summed E-state index contributed by atoms with van der Waals surface area (Å²) in [6, 6.07) is 8.07. The van der Waals surface area contributed by atoms with Crippen molar-refractivity contribution in [3.05, 3.63) is 40.9 Å². The van der Waals surface area contributed by atoms with Crippen LogP contribution < -0.4 is 0 Å². The molecule has 2 heterocycles. The number of rotatable bonds is 6. The van der Waals surface area contributed by atoms with Gasteiger partial charge in [0, 0.05) is 37.5 Å². The van der Waals surface area contributed by atoms with Crippen LogP contribution >= 0.6 is 11.6 Å². The molecule has 0 bridgehead atoms. The molecule has 0 aromatic heterocycles. The highest BCUT2D eigenvalue weighted by Crippen LogP contribution is 2.46. The maximum atomic E-state index is 12.5. The minimum Gasteiger partial charge on any atom is -0.299 e. The number of imide groups is 1. The van der Waals surface area contributed by atoms with Gasteiger partial charge in [-0.2, -0.15) is 0 Å². The van der Waals surface area contributed by atoms with Gasteiger partial charge in [-0.3, -0.25) is 19.4 Å². The van der Waals surface area contributed by atoms with E-state index in [-0.39, 0.29) is 17.2 Å². The highest BCUT2D eigenvalue weighted by Gasteiger charge is 2.44. The van der Waals surface area contributed by atoms with E-state index >= 15 is 0 Å². The number of hydrogen-bond acceptors (Lipinski definition) is 3. The summed E-state index contributed by atoms with van der Waals surface area (Å²) in [5.41, 5.74) is 2.66. The first-order valence-corrected chi connectivity index (χ1v) is 11.4. The van der Waals surface area contributed by atoms with Crippen LogP contribution in [0.3, 0.4) is 0 Å². The molecule has 2 aliphatic heterocycles. The fraction of sp³-hybridized carbons (Fsp3) is 0.583. The molecule has 1 spiro atoms. The summed E-state index contributed by atoms with van der Waals surface area (Å²) in [5, 5.41) is 0.774. The van der Waals surface area contributed by atoms with Crippen molar-refractivity contribution in [2.45, 2.75) is 57.8 Å². The Morgan fingerprint density at radius 2 is 1.59 bits per heavy atom. The van der Waals surface area contributed by atoms with Crippen LogP contribution in [0.4, 0.5) is 0 Å². The number of likely N-dealkylation sites (tertiary alicyclic amines) is 1. The number of piperidine rings is 1. The third kappa shape index (κ3) is 4.92. The van der Waals surface area contributed by atoms with Crippen LogP contribution in [0.5, 0.6) is 0 Å². The number of carbonyl (C=O) groups is 2. The number of nitrogens with zero attached hydrogens (tertiary/aromatic N) is 2. The maximum Gasteiger partial charge on any atom is 0.229 e. The Bertz CT molecular complexity index is 761. The summed E-state index contributed by atoms with van der Waals surface area (Å²) in [6.45, 7) is 3.62. The maximum absolute atomic E-state index is 12.5. The highest BCUT2D eigenvalue weighted by atomic mass is 35.5. The Kier molecular flexibility index (Phi) is 6.41. The number of halogens is 1. The number of amides is 2. The molecule has 1 aromatic carbocycles. The third-order valence-corrected chi connectivity index (χ3v) is 7.19. The zero-order valence-electron chi connectivity index (χ0n) is 17.2. The van der Waals surface area contributed by atoms with E-state index in [1.54, 1.807) is 0 Å². The van der Waals surface area contributed by atoms with Crippen LogP contribution in [-0.2, 0) is 9.59 Å². The summed E-state index contributed by atoms with van der Waals surface area (Å²) in [4.78, 5) is 29.1. The standard InChI is InChI=1S/C24H31ClN2O2/c25-21-7-5-19(6-8-21)20-9-15-26(16-10-20)13-3-4-14-27-22(28)17-24(18-23(27)29)11-1-2-12-24/h5-9H,1-4,10-18H2. The lowest BCUT2D eigenvalue weighted by atomic mass is 9.76. The lowest BCUT2D eigenvalue weighted by Crippen LogP contribution is -2.47. The van der Waals surface area contributed by atoms with Gasteiger partial charge in [-0.1, -0.05) is 42.7 Å². The number of benzene rings is 1. The van der Waals surface area contributed by atoms with Crippen molar-refractivity contribution < 1.29 is 9.59 Å². The topological polar surface area (TPSA) is 40.6 Å². The zero-order chi connectivity index (χ0) is 20.3. The second kappa shape index (κ2) is 9.01. The van der Waals surface area contributed by atoms with Crippen LogP contribution in [0.25, 0.3) is 5.57 Å². The van der Waals surface area contributed by atoms with E-state index in [1.807, 2.05) is 12.1 Å². The van der Waals surface area contributed by atoms with Gasteiger partial charge in [0.1, 0.15) is 0 Å². The Morgan fingerprint density at radius 3 is 2.21 bits per heavy atom. The summed E-state index contributed by atoms with van der Waals surface area (Å²) in [7, 11) is 0. The molecular formula is C24H31ClN2O2. The van der Waals surface area contributed by atoms with Crippen LogP contribution in [-0.4, -0.2) is 47.8 Å². The molecule has 1 aromatic rings. The number of unbranched alkanes of at least 4 members (excludes halogenated alkanes) is 1. The molecule has 0 atom stereocenters. The lowest BCUT2D eigenvalue weighted by Gasteiger charge is -2.37. The van der Waals surface area contributed by atoms with Crippen molar-refractivity contribution in [3.8, 4) is 0 Å². The molecule has 4 nitrogen and oxygen atoms in total. The fourth-order valence-corrected chi connectivity index (χ4v) is 5.33. The monoisotopic (exact) mass is 414 g/mol. The highest BCUT2D eigenvalue weighted by molar-refractivity contribution is 6.30. The minimum atomic E-state index is 0.00654. The Balaban J connectivity index is 1.19. The average molecular weight is 415 g/mol. The lowest BCUT2D eigenvalue weighted by molar-refractivity contribution is -0.153. The molecular weight excluding hydrogens is 384 g/mol. The van der Waals surface area contributed by atoms with E-state index in [9.17, 15) is 9.59 Å². The first kappa shape index (κ1) is 20.6. The Morgan fingerprint density at radius 1 is 0.931 bits per heavy atom. The van der Waals surface area contributed by atoms with Gasteiger partial charge >= 0.3 is 0 Å². The van der Waals surface area contributed by atoms with Crippen molar-refractivity contribution in [2.75, 3.05) is 26.2 Å². The second-order valence-electron chi connectivity index (χ2n) is 8.99. The van der Waals surface area contributed by atoms with Crippen molar-refractivity contribution in [3.63, 3.8) is 0 Å². The van der Waals surface area contributed by atoms with Crippen molar-refractivity contribution in [1.82, 2.24) is 9.80 Å². The van der Waals surface area contributed by atoms with E-state index in [0.717, 1.165) is 56.8 Å². The van der Waals surface area contributed by atoms with Gasteiger partial charge in [0.2, 0.25) is 11.8 Å². The summed E-state index contributed by atoms with van der Waals surface area (Å²) in [5.74, 6) is 0.133. The van der Waals surface area contributed by atoms with E-state index in [2.05, 4.69) is 23.1 Å². The van der Waals surface area contributed by atoms with Crippen molar-refractivity contribution >= 4 is 29.0 Å². The molecule has 4 rings (SSSR count). The third-order valence-electron chi connectivity index (χ3n) is 6.93. The smallest absolute Gasteiger partial charge is 0.229 e. The van der Waals surface area contributed by atoms with Crippen LogP contribution in [0.15, 0.2) is 30.3 Å². The van der Waals surface area contributed by atoms with Gasteiger partial charge in [0.25, 0.3) is 0 Å². The molecule has 5 heteroatoms. The molecule has 156 valence electrons. The van der Waals surface area contributed by atoms with Crippen LogP contribution in [0, 0.1) is 5.41 Å². The molecule has 0 radical (unpaired) electrons. The molecule has 1 saturated carbocycles. The summed E-state index contributed by atoms with van der Waals surface area (Å²) >= 11 is 5.98. The van der Waals surface area contributed by atoms with Gasteiger partial charge in [0.15, 0.2) is 0 Å². The fourth-order valence-electron chi connectivity index (χ4n) is 5.21. The van der Waals surface area contributed by atoms with Gasteiger partial charge in [0.05, 0.1) is 0 Å². The number of hydrogen-bond donors (Lipinski definition) is 0. The molecule has 2 fully saturated rings. The molecule has 1 saturated heterocycles. The Hall–Kier alpha value is -1.65. The predicted molar refractivity (Wildman–Crippen MR) is 117 cm³/mol. The normalized spacial score (nSPS) is 22.4. The van der Waals surface area contributed by atoms with E-state index in [1.165, 1.54) is 28.9 Å². The van der Waals surface area contributed by atoms with E-state index < -0.39 is 0 Å². The average Bonchev–Trinajstić information content (AvgIpc) is 3.15. The molecule has 1 aliphatic carbocycles. The zero-order valence-corrected chi connectivity index (χ0v) is 17.9. The summed E-state index contributed by atoms with van der Waals surface area (Å²) < 4.78 is 0.